The van der Waals surface area contributed by atoms with Crippen LogP contribution in [0.5, 0.6) is 0 Å². The van der Waals surface area contributed by atoms with Crippen LogP contribution in [0.3, 0.4) is 0 Å². The summed E-state index contributed by atoms with van der Waals surface area (Å²) >= 11 is 1.48. The van der Waals surface area contributed by atoms with E-state index in [9.17, 15) is 14.9 Å². The van der Waals surface area contributed by atoms with Crippen molar-refractivity contribution in [2.75, 3.05) is 12.4 Å². The second kappa shape index (κ2) is 6.85. The number of thiophene rings is 1. The van der Waals surface area contributed by atoms with Crippen molar-refractivity contribution >= 4 is 28.2 Å². The minimum atomic E-state index is -0.492. The van der Waals surface area contributed by atoms with E-state index in [4.69, 9.17) is 0 Å². The van der Waals surface area contributed by atoms with Crippen LogP contribution >= 0.6 is 11.3 Å². The molecule has 0 saturated heterocycles. The number of amides is 1. The highest BCUT2D eigenvalue weighted by Gasteiger charge is 2.22. The van der Waals surface area contributed by atoms with E-state index in [0.29, 0.717) is 21.7 Å². The second-order valence-electron chi connectivity index (χ2n) is 5.55. The van der Waals surface area contributed by atoms with Gasteiger partial charge < -0.3 is 10.1 Å². The maximum Gasteiger partial charge on any atom is 0.337 e. The number of nitrogens with zero attached hydrogens (tertiary/aromatic N) is 1. The van der Waals surface area contributed by atoms with Crippen molar-refractivity contribution < 1.29 is 14.3 Å². The van der Waals surface area contributed by atoms with Crippen LogP contribution in [0.25, 0.3) is 0 Å². The van der Waals surface area contributed by atoms with Crippen molar-refractivity contribution in [1.29, 1.82) is 5.26 Å². The molecule has 0 radical (unpaired) electrons. The van der Waals surface area contributed by atoms with Crippen LogP contribution < -0.4 is 5.32 Å². The van der Waals surface area contributed by atoms with E-state index in [1.807, 2.05) is 0 Å². The molecule has 0 atom stereocenters. The Kier molecular flexibility index (Phi) is 4.63. The van der Waals surface area contributed by atoms with Gasteiger partial charge in [-0.2, -0.15) is 5.26 Å². The third-order valence-electron chi connectivity index (χ3n) is 4.06. The first kappa shape index (κ1) is 16.2. The van der Waals surface area contributed by atoms with E-state index in [1.54, 1.807) is 18.2 Å². The van der Waals surface area contributed by atoms with Crippen molar-refractivity contribution in [3.05, 3.63) is 51.4 Å². The van der Waals surface area contributed by atoms with Crippen LogP contribution in [-0.4, -0.2) is 19.0 Å². The molecule has 0 saturated carbocycles. The highest BCUT2D eigenvalue weighted by Crippen LogP contribution is 2.37. The SMILES string of the molecule is COC(=O)c1cccc(C(=O)Nc2sc3c(c2C#N)CCCC3)c1. The minimum absolute atomic E-state index is 0.316. The molecule has 0 unspecified atom stereocenters. The Labute approximate surface area is 143 Å². The Morgan fingerprint density at radius 2 is 2.00 bits per heavy atom. The third kappa shape index (κ3) is 3.03. The van der Waals surface area contributed by atoms with Crippen molar-refractivity contribution in [2.45, 2.75) is 25.7 Å². The maximum atomic E-state index is 12.5. The topological polar surface area (TPSA) is 79.2 Å². The van der Waals surface area contributed by atoms with E-state index in [0.717, 1.165) is 31.2 Å². The van der Waals surface area contributed by atoms with E-state index in [2.05, 4.69) is 16.1 Å². The maximum absolute atomic E-state index is 12.5. The molecule has 1 amide bonds. The molecule has 1 aliphatic rings. The molecule has 122 valence electrons. The fourth-order valence-electron chi connectivity index (χ4n) is 2.85. The van der Waals surface area contributed by atoms with Crippen LogP contribution in [0, 0.1) is 11.3 Å². The number of hydrogen-bond donors (Lipinski definition) is 1. The summed E-state index contributed by atoms with van der Waals surface area (Å²) in [4.78, 5) is 25.3. The second-order valence-corrected chi connectivity index (χ2v) is 6.66. The quantitative estimate of drug-likeness (QED) is 0.867. The molecule has 2 aromatic rings. The number of esters is 1. The van der Waals surface area contributed by atoms with E-state index < -0.39 is 5.97 Å². The van der Waals surface area contributed by atoms with Gasteiger partial charge in [-0.25, -0.2) is 4.79 Å². The summed E-state index contributed by atoms with van der Waals surface area (Å²) in [5.74, 6) is -0.829. The van der Waals surface area contributed by atoms with Crippen LogP contribution in [0.15, 0.2) is 24.3 Å². The molecule has 1 aromatic carbocycles. The predicted molar refractivity (Wildman–Crippen MR) is 91.4 cm³/mol. The van der Waals surface area contributed by atoms with Gasteiger partial charge in [0.2, 0.25) is 0 Å². The van der Waals surface area contributed by atoms with Gasteiger partial charge in [0.05, 0.1) is 18.2 Å². The largest absolute Gasteiger partial charge is 0.465 e. The highest BCUT2D eigenvalue weighted by molar-refractivity contribution is 7.16. The summed E-state index contributed by atoms with van der Waals surface area (Å²) < 4.78 is 4.67. The standard InChI is InChI=1S/C18H16N2O3S/c1-23-18(22)12-6-4-5-11(9-12)16(21)20-17-14(10-19)13-7-2-3-8-15(13)24-17/h4-6,9H,2-3,7-8H2,1H3,(H,20,21). The predicted octanol–water partition coefficient (Wildman–Crippen LogP) is 3.54. The highest BCUT2D eigenvalue weighted by atomic mass is 32.1. The van der Waals surface area contributed by atoms with E-state index in [-0.39, 0.29) is 5.91 Å². The number of aryl methyl sites for hydroxylation is 1. The zero-order chi connectivity index (χ0) is 17.1. The number of hydrogen-bond acceptors (Lipinski definition) is 5. The van der Waals surface area contributed by atoms with E-state index >= 15 is 0 Å². The number of ether oxygens (including phenoxy) is 1. The van der Waals surface area contributed by atoms with Gasteiger partial charge in [-0.15, -0.1) is 11.3 Å². The van der Waals surface area contributed by atoms with Gasteiger partial charge in [-0.3, -0.25) is 4.79 Å². The van der Waals surface area contributed by atoms with E-state index in [1.165, 1.54) is 29.4 Å². The number of benzene rings is 1. The Morgan fingerprint density at radius 1 is 1.25 bits per heavy atom. The summed E-state index contributed by atoms with van der Waals surface area (Å²) in [5, 5.41) is 12.9. The summed E-state index contributed by atoms with van der Waals surface area (Å²) in [7, 11) is 1.30. The van der Waals surface area contributed by atoms with Gasteiger partial charge >= 0.3 is 5.97 Å². The molecule has 1 aliphatic carbocycles. The van der Waals surface area contributed by atoms with Gasteiger partial charge in [-0.1, -0.05) is 6.07 Å². The number of methoxy groups -OCH3 is 1. The molecule has 0 fully saturated rings. The Bertz CT molecular complexity index is 848. The fraction of sp³-hybridized carbons (Fsp3) is 0.278. The number of rotatable bonds is 3. The van der Waals surface area contributed by atoms with Crippen LogP contribution in [0.1, 0.15) is 49.6 Å². The molecule has 0 aliphatic heterocycles. The summed E-state index contributed by atoms with van der Waals surface area (Å²) in [5.41, 5.74) is 2.32. The van der Waals surface area contributed by atoms with Crippen molar-refractivity contribution in [3.63, 3.8) is 0 Å². The zero-order valence-corrected chi connectivity index (χ0v) is 14.0. The molecular formula is C18H16N2O3S. The number of fused-ring (bicyclic) bond motifs is 1. The van der Waals surface area contributed by atoms with Crippen LogP contribution in [0.2, 0.25) is 0 Å². The van der Waals surface area contributed by atoms with Crippen LogP contribution in [-0.2, 0) is 17.6 Å². The average molecular weight is 340 g/mol. The average Bonchev–Trinajstić information content (AvgIpc) is 2.98. The van der Waals surface area contributed by atoms with Gasteiger partial charge in [0.1, 0.15) is 11.1 Å². The number of carbonyl (C=O) groups excluding carboxylic acids is 2. The van der Waals surface area contributed by atoms with Crippen molar-refractivity contribution in [3.8, 4) is 6.07 Å². The molecule has 1 N–H and O–H groups in total. The van der Waals surface area contributed by atoms with Gasteiger partial charge in [0, 0.05) is 10.4 Å². The number of carbonyl (C=O) groups is 2. The lowest BCUT2D eigenvalue weighted by molar-refractivity contribution is 0.0600. The molecule has 0 spiro atoms. The van der Waals surface area contributed by atoms with Crippen molar-refractivity contribution in [2.24, 2.45) is 0 Å². The van der Waals surface area contributed by atoms with Gasteiger partial charge in [0.15, 0.2) is 0 Å². The first-order valence-corrected chi connectivity index (χ1v) is 8.50. The monoisotopic (exact) mass is 340 g/mol. The number of nitrogens with one attached hydrogen (secondary N) is 1. The first-order valence-electron chi connectivity index (χ1n) is 7.68. The number of nitriles is 1. The first-order chi connectivity index (χ1) is 11.6. The van der Waals surface area contributed by atoms with Gasteiger partial charge in [0.25, 0.3) is 5.91 Å². The molecule has 1 heterocycles. The molecule has 1 aromatic heterocycles. The summed E-state index contributed by atoms with van der Waals surface area (Å²) in [6.45, 7) is 0. The summed E-state index contributed by atoms with van der Waals surface area (Å²) in [6.07, 6.45) is 4.05. The Balaban J connectivity index is 1.87. The lowest BCUT2D eigenvalue weighted by Crippen LogP contribution is -2.13. The van der Waals surface area contributed by atoms with Crippen LogP contribution in [0.4, 0.5) is 5.00 Å². The third-order valence-corrected chi connectivity index (χ3v) is 5.26. The molecule has 24 heavy (non-hydrogen) atoms. The number of anilines is 1. The zero-order valence-electron chi connectivity index (χ0n) is 13.2. The molecule has 5 nitrogen and oxygen atoms in total. The molecule has 0 bridgehead atoms. The smallest absolute Gasteiger partial charge is 0.337 e. The molecule has 3 rings (SSSR count). The normalized spacial score (nSPS) is 12.8. The molecule has 6 heteroatoms. The molecular weight excluding hydrogens is 324 g/mol. The van der Waals surface area contributed by atoms with Crippen molar-refractivity contribution in [1.82, 2.24) is 0 Å². The van der Waals surface area contributed by atoms with Gasteiger partial charge in [-0.05, 0) is 49.4 Å². The lowest BCUT2D eigenvalue weighted by Gasteiger charge is -2.09. The fourth-order valence-corrected chi connectivity index (χ4v) is 4.09. The Hall–Kier alpha value is -2.65. The summed E-state index contributed by atoms with van der Waals surface area (Å²) in [6, 6.07) is 8.56. The lowest BCUT2D eigenvalue weighted by atomic mass is 9.96. The Morgan fingerprint density at radius 3 is 2.75 bits per heavy atom. The minimum Gasteiger partial charge on any atom is -0.465 e.